The van der Waals surface area contributed by atoms with Crippen LogP contribution in [0.3, 0.4) is 0 Å². The fraction of sp³-hybridized carbons (Fsp3) is 0. The molecule has 8 nitrogen and oxygen atoms in total. The summed E-state index contributed by atoms with van der Waals surface area (Å²) in [6.45, 7) is 0. The monoisotopic (exact) mass is 300 g/mol. The molecule has 0 radical (unpaired) electrons. The van der Waals surface area contributed by atoms with Crippen molar-refractivity contribution in [2.45, 2.75) is 0 Å². The molecule has 19 heavy (non-hydrogen) atoms. The second-order valence-corrected chi connectivity index (χ2v) is 5.21. The Labute approximate surface area is 114 Å². The van der Waals surface area contributed by atoms with Gasteiger partial charge in [0.15, 0.2) is 17.4 Å². The van der Waals surface area contributed by atoms with Crippen molar-refractivity contribution in [2.24, 2.45) is 19.6 Å². The standard InChI is InChI=1S/C9H9ClN6O2S/c10-5-2-1-3-6(4-5)13-14-7-8(11)15-19(17,18)16-9(7)12/h1-4,13H,(H4,11,12,15,16,17,18). The summed E-state index contributed by atoms with van der Waals surface area (Å²) in [6.07, 6.45) is 0. The Morgan fingerprint density at radius 2 is 2.26 bits per heavy atom. The number of nitrogens with zero attached hydrogens (tertiary/aromatic N) is 3. The highest BCUT2D eigenvalue weighted by atomic mass is 35.5. The van der Waals surface area contributed by atoms with Crippen molar-refractivity contribution in [1.82, 2.24) is 0 Å². The van der Waals surface area contributed by atoms with Crippen molar-refractivity contribution in [3.05, 3.63) is 29.3 Å². The second-order valence-electron chi connectivity index (χ2n) is 3.47. The van der Waals surface area contributed by atoms with Crippen molar-refractivity contribution < 1.29 is 8.76 Å². The van der Waals surface area contributed by atoms with Gasteiger partial charge in [-0.15, -0.1) is 8.76 Å². The van der Waals surface area contributed by atoms with Gasteiger partial charge in [-0.1, -0.05) is 17.7 Å². The third-order valence-corrected chi connectivity index (χ3v) is 3.11. The quantitative estimate of drug-likeness (QED) is 0.612. The number of halogens is 1. The predicted molar refractivity (Wildman–Crippen MR) is 75.1 cm³/mol. The zero-order chi connectivity index (χ0) is 14.0. The fourth-order valence-corrected chi connectivity index (χ4v) is 2.16. The van der Waals surface area contributed by atoms with E-state index in [2.05, 4.69) is 19.3 Å². The van der Waals surface area contributed by atoms with Crippen LogP contribution in [-0.2, 0) is 10.2 Å². The van der Waals surface area contributed by atoms with Crippen LogP contribution in [0.1, 0.15) is 0 Å². The Hall–Kier alpha value is -1.97. The molecule has 1 unspecified atom stereocenters. The third-order valence-electron chi connectivity index (χ3n) is 2.02. The van der Waals surface area contributed by atoms with Gasteiger partial charge in [0, 0.05) is 5.02 Å². The zero-order valence-electron chi connectivity index (χ0n) is 9.37. The molecule has 0 bridgehead atoms. The molecule has 0 fully saturated rings. The summed E-state index contributed by atoms with van der Waals surface area (Å²) in [4.78, 5) is 0. The summed E-state index contributed by atoms with van der Waals surface area (Å²) in [5, 5.41) is 11.8. The molecule has 1 aliphatic rings. The smallest absolute Gasteiger partial charge is 0.281 e. The SMILES string of the molecule is N=C1N=S(=O)(O)N=C(N)/C1=N\Nc1cccc(Cl)c1. The first-order valence-electron chi connectivity index (χ1n) is 4.91. The molecule has 1 atom stereocenters. The van der Waals surface area contributed by atoms with Gasteiger partial charge < -0.3 is 5.73 Å². The van der Waals surface area contributed by atoms with Gasteiger partial charge in [0.25, 0.3) is 10.2 Å². The molecular formula is C9H9ClN6O2S. The number of hydrazone groups is 1. The van der Waals surface area contributed by atoms with Gasteiger partial charge in [0.1, 0.15) is 0 Å². The number of hydrogen-bond donors (Lipinski definition) is 4. The van der Waals surface area contributed by atoms with Crippen molar-refractivity contribution in [2.75, 3.05) is 5.43 Å². The molecule has 0 aromatic heterocycles. The van der Waals surface area contributed by atoms with Crippen LogP contribution >= 0.6 is 11.6 Å². The van der Waals surface area contributed by atoms with Gasteiger partial charge in [-0.05, 0) is 18.2 Å². The van der Waals surface area contributed by atoms with Crippen LogP contribution in [0.5, 0.6) is 0 Å². The van der Waals surface area contributed by atoms with Gasteiger partial charge in [-0.25, -0.2) is 0 Å². The van der Waals surface area contributed by atoms with E-state index in [4.69, 9.17) is 27.3 Å². The number of nitrogens with one attached hydrogen (secondary N) is 2. The lowest BCUT2D eigenvalue weighted by molar-refractivity contribution is 0.554. The largest absolute Gasteiger partial charge is 0.381 e. The van der Waals surface area contributed by atoms with E-state index in [1.165, 1.54) is 0 Å². The van der Waals surface area contributed by atoms with Crippen molar-refractivity contribution >= 4 is 44.9 Å². The van der Waals surface area contributed by atoms with E-state index in [1.807, 2.05) is 0 Å². The highest BCUT2D eigenvalue weighted by Crippen LogP contribution is 2.15. The average molecular weight is 301 g/mol. The third kappa shape index (κ3) is 3.28. The first kappa shape index (κ1) is 13.5. The molecule has 0 saturated heterocycles. The van der Waals surface area contributed by atoms with Crippen LogP contribution in [0.15, 0.2) is 38.1 Å². The molecule has 1 aliphatic heterocycles. The summed E-state index contributed by atoms with van der Waals surface area (Å²) in [6, 6.07) is 6.70. The van der Waals surface area contributed by atoms with Crippen LogP contribution in [0, 0.1) is 5.41 Å². The van der Waals surface area contributed by atoms with E-state index in [0.717, 1.165) is 0 Å². The molecule has 10 heteroatoms. The normalized spacial score (nSPS) is 24.8. The minimum absolute atomic E-state index is 0.118. The number of nitrogens with two attached hydrogens (primary N) is 1. The minimum atomic E-state index is -3.82. The lowest BCUT2D eigenvalue weighted by atomic mass is 10.3. The lowest BCUT2D eigenvalue weighted by Gasteiger charge is -2.10. The summed E-state index contributed by atoms with van der Waals surface area (Å²) >= 11 is 5.79. The van der Waals surface area contributed by atoms with Gasteiger partial charge in [0.05, 0.1) is 5.69 Å². The van der Waals surface area contributed by atoms with Crippen LogP contribution in [0.4, 0.5) is 5.69 Å². The van der Waals surface area contributed by atoms with Crippen LogP contribution in [0.25, 0.3) is 0 Å². The van der Waals surface area contributed by atoms with E-state index in [-0.39, 0.29) is 11.5 Å². The maximum atomic E-state index is 11.2. The predicted octanol–water partition coefficient (Wildman–Crippen LogP) is 1.31. The molecule has 0 amide bonds. The Morgan fingerprint density at radius 1 is 1.53 bits per heavy atom. The van der Waals surface area contributed by atoms with Crippen LogP contribution in [-0.4, -0.2) is 26.1 Å². The average Bonchev–Trinajstić information content (AvgIpc) is 2.26. The van der Waals surface area contributed by atoms with Crippen molar-refractivity contribution in [1.29, 1.82) is 5.41 Å². The van der Waals surface area contributed by atoms with E-state index < -0.39 is 16.0 Å². The molecule has 0 saturated carbocycles. The molecule has 0 spiro atoms. The second kappa shape index (κ2) is 4.96. The highest BCUT2D eigenvalue weighted by Gasteiger charge is 2.21. The van der Waals surface area contributed by atoms with Gasteiger partial charge in [0.2, 0.25) is 0 Å². The lowest BCUT2D eigenvalue weighted by Crippen LogP contribution is -2.35. The zero-order valence-corrected chi connectivity index (χ0v) is 10.9. The van der Waals surface area contributed by atoms with Gasteiger partial charge in [-0.2, -0.15) is 9.31 Å². The van der Waals surface area contributed by atoms with Crippen molar-refractivity contribution in [3.8, 4) is 0 Å². The van der Waals surface area contributed by atoms with Gasteiger partial charge in [-0.3, -0.25) is 15.4 Å². The first-order chi connectivity index (χ1) is 8.87. The summed E-state index contributed by atoms with van der Waals surface area (Å²) in [5.74, 6) is -0.850. The van der Waals surface area contributed by atoms with E-state index in [9.17, 15) is 4.21 Å². The first-order valence-corrected chi connectivity index (χ1v) is 6.71. The van der Waals surface area contributed by atoms with Crippen LogP contribution < -0.4 is 11.2 Å². The molecule has 1 aromatic carbocycles. The number of anilines is 1. The Balaban J connectivity index is 2.27. The van der Waals surface area contributed by atoms with Crippen molar-refractivity contribution in [3.63, 3.8) is 0 Å². The van der Waals surface area contributed by atoms with Crippen LogP contribution in [0.2, 0.25) is 5.02 Å². The summed E-state index contributed by atoms with van der Waals surface area (Å²) in [7, 11) is -3.82. The van der Waals surface area contributed by atoms with E-state index in [1.54, 1.807) is 24.3 Å². The maximum absolute atomic E-state index is 11.2. The Morgan fingerprint density at radius 3 is 2.89 bits per heavy atom. The molecule has 100 valence electrons. The van der Waals surface area contributed by atoms with E-state index >= 15 is 0 Å². The summed E-state index contributed by atoms with van der Waals surface area (Å²) in [5.41, 5.74) is 8.51. The molecular weight excluding hydrogens is 292 g/mol. The van der Waals surface area contributed by atoms with E-state index in [0.29, 0.717) is 10.7 Å². The Bertz CT molecular complexity index is 719. The number of hydrogen-bond acceptors (Lipinski definition) is 5. The molecule has 0 aliphatic carbocycles. The number of rotatable bonds is 2. The maximum Gasteiger partial charge on any atom is 0.281 e. The fourth-order valence-electron chi connectivity index (χ4n) is 1.26. The topological polar surface area (TPSA) is 136 Å². The Kier molecular flexibility index (Phi) is 3.51. The minimum Gasteiger partial charge on any atom is -0.381 e. The number of benzene rings is 1. The summed E-state index contributed by atoms with van der Waals surface area (Å²) < 4.78 is 26.7. The molecule has 2 rings (SSSR count). The molecule has 5 N–H and O–H groups in total. The highest BCUT2D eigenvalue weighted by molar-refractivity contribution is 7.87. The molecule has 1 aromatic rings. The number of amidine groups is 2. The van der Waals surface area contributed by atoms with Gasteiger partial charge >= 0.3 is 0 Å². The molecule has 1 heterocycles.